The van der Waals surface area contributed by atoms with Crippen molar-refractivity contribution >= 4 is 62.2 Å². The van der Waals surface area contributed by atoms with Crippen LogP contribution in [0, 0.1) is 0 Å². The Balaban J connectivity index is 1.40. The van der Waals surface area contributed by atoms with Gasteiger partial charge in [0.15, 0.2) is 0 Å². The zero-order valence-electron chi connectivity index (χ0n) is 24.7. The summed E-state index contributed by atoms with van der Waals surface area (Å²) in [5.41, 5.74) is 18.5. The number of nitrogens with zero attached hydrogens (tertiary/aromatic N) is 2. The number of para-hydroxylation sites is 4. The zero-order valence-corrected chi connectivity index (χ0v) is 24.7. The minimum Gasteiger partial charge on any atom is -0.456 e. The average molecular weight is 580 g/mol. The van der Waals surface area contributed by atoms with E-state index in [1.807, 2.05) is 12.1 Å². The maximum atomic E-state index is 6.43. The Labute approximate surface area is 260 Å². The van der Waals surface area contributed by atoms with Gasteiger partial charge in [0, 0.05) is 50.1 Å². The van der Waals surface area contributed by atoms with Gasteiger partial charge in [0.05, 0.1) is 22.2 Å². The molecule has 6 aromatic carbocycles. The van der Waals surface area contributed by atoms with Gasteiger partial charge in [-0.1, -0.05) is 78.9 Å². The molecule has 0 aliphatic carbocycles. The highest BCUT2D eigenvalue weighted by molar-refractivity contribution is 6.08. The van der Waals surface area contributed by atoms with Gasteiger partial charge in [-0.25, -0.2) is 0 Å². The molecule has 4 heteroatoms. The van der Waals surface area contributed by atoms with Crippen molar-refractivity contribution in [2.24, 2.45) is 5.73 Å². The molecule has 0 radical (unpaired) electrons. The summed E-state index contributed by atoms with van der Waals surface area (Å²) < 4.78 is 8.51. The van der Waals surface area contributed by atoms with E-state index < -0.39 is 0 Å². The first-order chi connectivity index (χ1) is 22.2. The van der Waals surface area contributed by atoms with Crippen molar-refractivity contribution in [3.63, 3.8) is 0 Å². The monoisotopic (exact) mass is 579 g/mol. The standard InChI is InChI=1S/C41H29N3O/c1-2-36-35(25-42)33-23-31-28-14-6-9-17-37(28)43(26-12-4-3-5-13-26)38-18-10-7-15-29(38)32(31)24-39(33)44(36)27-20-21-41-34(22-27)30-16-8-11-19-40(30)45-41/h2-25H,42H2,1H3/b35-25-,36-2+. The van der Waals surface area contributed by atoms with E-state index in [1.165, 1.54) is 22.3 Å². The Morgan fingerprint density at radius 2 is 1.20 bits per heavy atom. The van der Waals surface area contributed by atoms with E-state index in [4.69, 9.17) is 10.2 Å². The second-order valence-electron chi connectivity index (χ2n) is 11.5. The van der Waals surface area contributed by atoms with Gasteiger partial charge in [0.2, 0.25) is 0 Å². The van der Waals surface area contributed by atoms with E-state index in [0.717, 1.165) is 66.2 Å². The van der Waals surface area contributed by atoms with Crippen molar-refractivity contribution in [2.45, 2.75) is 6.92 Å². The molecular weight excluding hydrogens is 550 g/mol. The van der Waals surface area contributed by atoms with Gasteiger partial charge in [-0.15, -0.1) is 0 Å². The number of furan rings is 1. The number of anilines is 3. The Kier molecular flexibility index (Phi) is 5.53. The van der Waals surface area contributed by atoms with Gasteiger partial charge in [0.1, 0.15) is 11.2 Å². The van der Waals surface area contributed by atoms with Crippen LogP contribution in [-0.4, -0.2) is 4.57 Å². The van der Waals surface area contributed by atoms with Crippen molar-refractivity contribution in [3.8, 4) is 27.9 Å². The Morgan fingerprint density at radius 1 is 0.556 bits per heavy atom. The van der Waals surface area contributed by atoms with Crippen LogP contribution in [0.4, 0.5) is 17.1 Å². The summed E-state index contributed by atoms with van der Waals surface area (Å²) in [7, 11) is 0. The molecule has 0 saturated heterocycles. The van der Waals surface area contributed by atoms with E-state index in [1.54, 1.807) is 6.20 Å². The second kappa shape index (κ2) is 9.76. The molecule has 214 valence electrons. The third kappa shape index (κ3) is 3.66. The topological polar surface area (TPSA) is 47.3 Å². The molecule has 0 saturated carbocycles. The number of hydrogen-bond acceptors (Lipinski definition) is 3. The summed E-state index contributed by atoms with van der Waals surface area (Å²) in [5.74, 6) is 0. The number of aromatic nitrogens is 1. The van der Waals surface area contributed by atoms with Gasteiger partial charge in [0.25, 0.3) is 0 Å². The van der Waals surface area contributed by atoms with Crippen molar-refractivity contribution in [1.29, 1.82) is 0 Å². The number of hydrogen-bond donors (Lipinski definition) is 1. The molecule has 0 bridgehead atoms. The molecule has 0 spiro atoms. The predicted molar refractivity (Wildman–Crippen MR) is 188 cm³/mol. The molecule has 9 rings (SSSR count). The normalized spacial score (nSPS) is 13.3. The van der Waals surface area contributed by atoms with Crippen LogP contribution in [0.5, 0.6) is 0 Å². The summed E-state index contributed by atoms with van der Waals surface area (Å²) in [5, 5.41) is 5.40. The van der Waals surface area contributed by atoms with E-state index in [2.05, 4.69) is 144 Å². The van der Waals surface area contributed by atoms with E-state index >= 15 is 0 Å². The lowest BCUT2D eigenvalue weighted by molar-refractivity contribution is 0.669. The Bertz CT molecular complexity index is 2570. The van der Waals surface area contributed by atoms with Crippen molar-refractivity contribution in [3.05, 3.63) is 144 Å². The highest BCUT2D eigenvalue weighted by Gasteiger charge is 2.27. The molecule has 1 aliphatic rings. The van der Waals surface area contributed by atoms with Crippen molar-refractivity contribution in [2.75, 3.05) is 4.90 Å². The summed E-state index contributed by atoms with van der Waals surface area (Å²) >= 11 is 0. The highest BCUT2D eigenvalue weighted by atomic mass is 16.3. The van der Waals surface area contributed by atoms with Gasteiger partial charge in [-0.05, 0) is 78.7 Å². The Hall–Kier alpha value is -6.00. The lowest BCUT2D eigenvalue weighted by Crippen LogP contribution is -2.29. The molecule has 0 atom stereocenters. The first-order valence-corrected chi connectivity index (χ1v) is 15.3. The molecule has 3 heterocycles. The molecule has 0 fully saturated rings. The highest BCUT2D eigenvalue weighted by Crippen LogP contribution is 2.51. The summed E-state index contributed by atoms with van der Waals surface area (Å²) in [6.45, 7) is 2.08. The SMILES string of the molecule is C/C=c1\c(=C/N)c2cc3c(cc2n1-c1ccc2oc4ccccc4c2c1)-c1ccccc1N(c1ccccc1)c1ccccc1-3. The fraction of sp³-hybridized carbons (Fsp3) is 0.0244. The quantitative estimate of drug-likeness (QED) is 0.222. The molecule has 4 nitrogen and oxygen atoms in total. The van der Waals surface area contributed by atoms with Crippen LogP contribution in [0.15, 0.2) is 138 Å². The fourth-order valence-corrected chi connectivity index (χ4v) is 7.19. The smallest absolute Gasteiger partial charge is 0.135 e. The van der Waals surface area contributed by atoms with Gasteiger partial charge >= 0.3 is 0 Å². The molecule has 8 aromatic rings. The van der Waals surface area contributed by atoms with Crippen LogP contribution in [0.25, 0.3) is 73.1 Å². The third-order valence-corrected chi connectivity index (χ3v) is 9.13. The largest absolute Gasteiger partial charge is 0.456 e. The number of fused-ring (bicyclic) bond motifs is 9. The van der Waals surface area contributed by atoms with Crippen LogP contribution in [0.1, 0.15) is 6.92 Å². The van der Waals surface area contributed by atoms with Crippen LogP contribution in [-0.2, 0) is 0 Å². The fourth-order valence-electron chi connectivity index (χ4n) is 7.19. The molecule has 1 aliphatic heterocycles. The third-order valence-electron chi connectivity index (χ3n) is 9.13. The molecular formula is C41H29N3O. The second-order valence-corrected chi connectivity index (χ2v) is 11.5. The molecule has 0 amide bonds. The van der Waals surface area contributed by atoms with Crippen LogP contribution >= 0.6 is 0 Å². The maximum Gasteiger partial charge on any atom is 0.135 e. The lowest BCUT2D eigenvalue weighted by atomic mass is 9.93. The van der Waals surface area contributed by atoms with Crippen molar-refractivity contribution < 1.29 is 4.42 Å². The van der Waals surface area contributed by atoms with Gasteiger partial charge in [-0.3, -0.25) is 0 Å². The minimum atomic E-state index is 0.879. The summed E-state index contributed by atoms with van der Waals surface area (Å²) in [6, 6.07) is 47.4. The van der Waals surface area contributed by atoms with Crippen LogP contribution < -0.4 is 21.2 Å². The number of benzene rings is 6. The Morgan fingerprint density at radius 3 is 1.93 bits per heavy atom. The minimum absolute atomic E-state index is 0.879. The van der Waals surface area contributed by atoms with Gasteiger partial charge < -0.3 is 19.6 Å². The predicted octanol–water partition coefficient (Wildman–Crippen LogP) is 9.14. The van der Waals surface area contributed by atoms with E-state index in [9.17, 15) is 0 Å². The molecule has 2 N–H and O–H groups in total. The number of nitrogens with two attached hydrogens (primary N) is 1. The summed E-state index contributed by atoms with van der Waals surface area (Å²) in [4.78, 5) is 2.38. The van der Waals surface area contributed by atoms with E-state index in [-0.39, 0.29) is 0 Å². The van der Waals surface area contributed by atoms with Crippen LogP contribution in [0.2, 0.25) is 0 Å². The first-order valence-electron chi connectivity index (χ1n) is 15.3. The maximum absolute atomic E-state index is 6.43. The van der Waals surface area contributed by atoms with Crippen molar-refractivity contribution in [1.82, 2.24) is 4.57 Å². The van der Waals surface area contributed by atoms with Crippen LogP contribution in [0.3, 0.4) is 0 Å². The van der Waals surface area contributed by atoms with E-state index in [0.29, 0.717) is 0 Å². The average Bonchev–Trinajstić information content (AvgIpc) is 3.59. The lowest BCUT2D eigenvalue weighted by Gasteiger charge is -2.27. The first kappa shape index (κ1) is 25.5. The molecule has 45 heavy (non-hydrogen) atoms. The molecule has 2 aromatic heterocycles. The number of rotatable bonds is 2. The van der Waals surface area contributed by atoms with Gasteiger partial charge in [-0.2, -0.15) is 0 Å². The summed E-state index contributed by atoms with van der Waals surface area (Å²) in [6.07, 6.45) is 3.90. The zero-order chi connectivity index (χ0) is 30.1. The molecule has 0 unspecified atom stereocenters.